The Kier molecular flexibility index (Phi) is 8.69. The van der Waals surface area contributed by atoms with Gasteiger partial charge in [-0.25, -0.2) is 9.78 Å². The number of hydrogen-bond donors (Lipinski definition) is 0. The maximum absolute atomic E-state index is 14.5. The third-order valence-electron chi connectivity index (χ3n) is 6.65. The van der Waals surface area contributed by atoms with Crippen LogP contribution in [-0.4, -0.2) is 46.0 Å². The molecule has 0 spiro atoms. The van der Waals surface area contributed by atoms with E-state index in [1.54, 1.807) is 44.5 Å². The number of benzene rings is 1. The van der Waals surface area contributed by atoms with E-state index < -0.39 is 40.9 Å². The number of esters is 2. The number of methoxy groups -OCH3 is 1. The average molecular weight is 563 g/mol. The van der Waals surface area contributed by atoms with E-state index >= 15 is 0 Å². The second-order valence-corrected chi connectivity index (χ2v) is 13.7. The van der Waals surface area contributed by atoms with Crippen LogP contribution in [-0.2, 0) is 24.5 Å². The number of thiazole rings is 1. The molecule has 3 atom stereocenters. The van der Waals surface area contributed by atoms with Crippen molar-refractivity contribution in [2.75, 3.05) is 7.11 Å². The van der Waals surface area contributed by atoms with Crippen molar-refractivity contribution < 1.29 is 23.9 Å². The van der Waals surface area contributed by atoms with Crippen molar-refractivity contribution in [2.45, 2.75) is 90.8 Å². The molecule has 2 aromatic rings. The van der Waals surface area contributed by atoms with Gasteiger partial charge in [0, 0.05) is 22.2 Å². The number of ether oxygens (including phenoxy) is 2. The molecule has 0 radical (unpaired) electrons. The monoisotopic (exact) mass is 562 g/mol. The molecule has 1 aliphatic heterocycles. The Bertz CT molecular complexity index is 1180. The standard InChI is InChI=1S/C29H39ClN2O5S/c1-17(2)15-29(26(35)37-28(6,7)8)16-19(25(34)36-9)22(23-31-12-13-38-23)32(29)24(33)18-10-11-20(21(30)14-18)27(3,4)5/h10-14,17,19,22H,15-16H2,1-9H3/t19-,22+,29-/m0/s1. The van der Waals surface area contributed by atoms with Gasteiger partial charge in [0.25, 0.3) is 5.91 Å². The summed E-state index contributed by atoms with van der Waals surface area (Å²) >= 11 is 7.99. The van der Waals surface area contributed by atoms with Gasteiger partial charge in [-0.1, -0.05) is 52.3 Å². The molecule has 0 saturated carbocycles. The van der Waals surface area contributed by atoms with Crippen LogP contribution in [0.3, 0.4) is 0 Å². The van der Waals surface area contributed by atoms with Crippen LogP contribution in [0.2, 0.25) is 5.02 Å². The third kappa shape index (κ3) is 6.07. The lowest BCUT2D eigenvalue weighted by Gasteiger charge is -2.41. The van der Waals surface area contributed by atoms with E-state index in [1.807, 2.05) is 40.7 Å². The van der Waals surface area contributed by atoms with Gasteiger partial charge in [-0.15, -0.1) is 11.3 Å². The largest absolute Gasteiger partial charge is 0.469 e. The molecule has 38 heavy (non-hydrogen) atoms. The second-order valence-electron chi connectivity index (χ2n) is 12.4. The number of hydrogen-bond acceptors (Lipinski definition) is 7. The number of rotatable bonds is 6. The highest BCUT2D eigenvalue weighted by molar-refractivity contribution is 7.09. The second kappa shape index (κ2) is 11.0. The highest BCUT2D eigenvalue weighted by atomic mass is 35.5. The lowest BCUT2D eigenvalue weighted by atomic mass is 9.83. The molecule has 1 fully saturated rings. The molecule has 1 aromatic carbocycles. The predicted molar refractivity (Wildman–Crippen MR) is 149 cm³/mol. The summed E-state index contributed by atoms with van der Waals surface area (Å²) in [7, 11) is 1.31. The van der Waals surface area contributed by atoms with Crippen molar-refractivity contribution >= 4 is 40.8 Å². The van der Waals surface area contributed by atoms with Crippen LogP contribution in [0.25, 0.3) is 0 Å². The number of carbonyl (C=O) groups excluding carboxylic acids is 3. The molecular formula is C29H39ClN2O5S. The van der Waals surface area contributed by atoms with Crippen LogP contribution in [0.5, 0.6) is 0 Å². The number of aromatic nitrogens is 1. The average Bonchev–Trinajstić information content (AvgIpc) is 3.42. The molecule has 3 rings (SSSR count). The van der Waals surface area contributed by atoms with Crippen molar-refractivity contribution in [3.05, 3.63) is 50.9 Å². The summed E-state index contributed by atoms with van der Waals surface area (Å²) in [5.41, 5.74) is -1.20. The first-order valence-corrected chi connectivity index (χ1v) is 14.1. The van der Waals surface area contributed by atoms with Crippen molar-refractivity contribution in [3.63, 3.8) is 0 Å². The summed E-state index contributed by atoms with van der Waals surface area (Å²) in [5, 5.41) is 2.81. The Morgan fingerprint density at radius 2 is 1.84 bits per heavy atom. The van der Waals surface area contributed by atoms with Gasteiger partial charge >= 0.3 is 11.9 Å². The summed E-state index contributed by atoms with van der Waals surface area (Å²) in [5.74, 6) is -2.25. The fourth-order valence-electron chi connectivity index (χ4n) is 5.26. The van der Waals surface area contributed by atoms with Crippen LogP contribution >= 0.6 is 22.9 Å². The quantitative estimate of drug-likeness (QED) is 0.369. The zero-order valence-electron chi connectivity index (χ0n) is 23.8. The Balaban J connectivity index is 2.28. The molecule has 0 unspecified atom stereocenters. The van der Waals surface area contributed by atoms with Gasteiger partial charge in [0.15, 0.2) is 0 Å². The minimum Gasteiger partial charge on any atom is -0.469 e. The van der Waals surface area contributed by atoms with Crippen LogP contribution < -0.4 is 0 Å². The third-order valence-corrected chi connectivity index (χ3v) is 7.81. The van der Waals surface area contributed by atoms with E-state index in [-0.39, 0.29) is 17.8 Å². The fourth-order valence-corrected chi connectivity index (χ4v) is 6.51. The van der Waals surface area contributed by atoms with E-state index in [2.05, 4.69) is 4.98 Å². The highest BCUT2D eigenvalue weighted by Gasteiger charge is 2.62. The van der Waals surface area contributed by atoms with Gasteiger partial charge in [-0.05, 0) is 62.6 Å². The van der Waals surface area contributed by atoms with E-state index in [4.69, 9.17) is 21.1 Å². The van der Waals surface area contributed by atoms with E-state index in [1.165, 1.54) is 23.3 Å². The molecule has 9 heteroatoms. The first-order chi connectivity index (χ1) is 17.5. The fraction of sp³-hybridized carbons (Fsp3) is 0.586. The minimum atomic E-state index is -1.41. The van der Waals surface area contributed by atoms with E-state index in [0.29, 0.717) is 22.0 Å². The number of nitrogens with zero attached hydrogens (tertiary/aromatic N) is 2. The molecule has 2 heterocycles. The van der Waals surface area contributed by atoms with Crippen LogP contribution in [0.4, 0.5) is 0 Å². The Morgan fingerprint density at radius 1 is 1.18 bits per heavy atom. The Labute approximate surface area is 234 Å². The molecule has 208 valence electrons. The molecule has 1 aliphatic rings. The summed E-state index contributed by atoms with van der Waals surface area (Å²) in [6, 6.07) is 4.42. The topological polar surface area (TPSA) is 85.8 Å². The zero-order chi connectivity index (χ0) is 28.6. The van der Waals surface area contributed by atoms with Crippen molar-refractivity contribution in [1.82, 2.24) is 9.88 Å². The summed E-state index contributed by atoms with van der Waals surface area (Å²) in [4.78, 5) is 47.7. The van der Waals surface area contributed by atoms with Crippen LogP contribution in [0.15, 0.2) is 29.8 Å². The summed E-state index contributed by atoms with van der Waals surface area (Å²) in [6.45, 7) is 15.5. The first-order valence-electron chi connectivity index (χ1n) is 12.9. The molecule has 7 nitrogen and oxygen atoms in total. The summed E-state index contributed by atoms with van der Waals surface area (Å²) < 4.78 is 11.1. The molecule has 1 amide bonds. The number of likely N-dealkylation sites (tertiary alicyclic amines) is 1. The Morgan fingerprint density at radius 3 is 2.32 bits per heavy atom. The minimum absolute atomic E-state index is 0.0121. The molecular weight excluding hydrogens is 524 g/mol. The van der Waals surface area contributed by atoms with Crippen LogP contribution in [0, 0.1) is 11.8 Å². The number of carbonyl (C=O) groups is 3. The smallest absolute Gasteiger partial charge is 0.332 e. The van der Waals surface area contributed by atoms with Gasteiger partial charge in [0.05, 0.1) is 19.1 Å². The van der Waals surface area contributed by atoms with Crippen molar-refractivity contribution in [1.29, 1.82) is 0 Å². The van der Waals surface area contributed by atoms with Crippen molar-refractivity contribution in [2.24, 2.45) is 11.8 Å². The zero-order valence-corrected chi connectivity index (χ0v) is 25.3. The molecule has 0 aliphatic carbocycles. The van der Waals surface area contributed by atoms with E-state index in [0.717, 1.165) is 5.56 Å². The molecule has 0 N–H and O–H groups in total. The lowest BCUT2D eigenvalue weighted by Crippen LogP contribution is -2.56. The van der Waals surface area contributed by atoms with Crippen LogP contribution in [0.1, 0.15) is 95.2 Å². The number of amides is 1. The predicted octanol–water partition coefficient (Wildman–Crippen LogP) is 6.60. The Hall–Kier alpha value is -2.45. The van der Waals surface area contributed by atoms with Crippen molar-refractivity contribution in [3.8, 4) is 0 Å². The SMILES string of the molecule is COC(=O)[C@H]1C[C@@](CC(C)C)(C(=O)OC(C)(C)C)N(C(=O)c2ccc(C(C)(C)C)c(Cl)c2)[C@H]1c1nccs1. The van der Waals surface area contributed by atoms with Gasteiger partial charge in [0.1, 0.15) is 16.1 Å². The molecule has 1 saturated heterocycles. The van der Waals surface area contributed by atoms with Gasteiger partial charge in [-0.3, -0.25) is 9.59 Å². The van der Waals surface area contributed by atoms with Gasteiger partial charge in [-0.2, -0.15) is 0 Å². The van der Waals surface area contributed by atoms with Gasteiger partial charge < -0.3 is 14.4 Å². The maximum Gasteiger partial charge on any atom is 0.332 e. The summed E-state index contributed by atoms with van der Waals surface area (Å²) in [6.07, 6.45) is 2.00. The molecule has 1 aromatic heterocycles. The first kappa shape index (κ1) is 30.1. The normalized spacial score (nSPS) is 22.0. The lowest BCUT2D eigenvalue weighted by molar-refractivity contribution is -0.168. The maximum atomic E-state index is 14.5. The number of halogens is 1. The molecule has 0 bridgehead atoms. The highest BCUT2D eigenvalue weighted by Crippen LogP contribution is 2.52. The van der Waals surface area contributed by atoms with E-state index in [9.17, 15) is 14.4 Å². The van der Waals surface area contributed by atoms with Gasteiger partial charge in [0.2, 0.25) is 0 Å².